The predicted molar refractivity (Wildman–Crippen MR) is 104 cm³/mol. The van der Waals surface area contributed by atoms with Crippen molar-refractivity contribution >= 4 is 28.4 Å². The number of ether oxygens (including phenoxy) is 1. The van der Waals surface area contributed by atoms with E-state index >= 15 is 0 Å². The number of Topliss-reactive ketones (excluding diaryl/α,β-unsaturated/α-hetero) is 1. The SMILES string of the molecule is CCC(C)(OCCCC(N)C(=O)C(C)(CC)C(C)C)C(C)I. The van der Waals surface area contributed by atoms with Gasteiger partial charge in [-0.2, -0.15) is 0 Å². The average Bonchev–Trinajstić information content (AvgIpc) is 2.48. The summed E-state index contributed by atoms with van der Waals surface area (Å²) in [6.07, 6.45) is 3.37. The van der Waals surface area contributed by atoms with Gasteiger partial charge < -0.3 is 10.5 Å². The van der Waals surface area contributed by atoms with Crippen LogP contribution in [0.5, 0.6) is 0 Å². The summed E-state index contributed by atoms with van der Waals surface area (Å²) in [5.41, 5.74) is 5.75. The van der Waals surface area contributed by atoms with Gasteiger partial charge in [-0.05, 0) is 38.5 Å². The second-order valence-electron chi connectivity index (χ2n) is 7.17. The molecule has 0 aromatic heterocycles. The normalized spacial score (nSPS) is 20.3. The Labute approximate surface area is 151 Å². The van der Waals surface area contributed by atoms with E-state index in [0.717, 1.165) is 19.3 Å². The van der Waals surface area contributed by atoms with Crippen molar-refractivity contribution in [3.05, 3.63) is 0 Å². The molecule has 0 fully saturated rings. The maximum absolute atomic E-state index is 12.6. The zero-order valence-electron chi connectivity index (χ0n) is 15.5. The number of hydrogen-bond donors (Lipinski definition) is 1. The Hall–Kier alpha value is 0.320. The van der Waals surface area contributed by atoms with Crippen LogP contribution in [0.3, 0.4) is 0 Å². The summed E-state index contributed by atoms with van der Waals surface area (Å²) in [5.74, 6) is 0.515. The Kier molecular flexibility index (Phi) is 9.72. The van der Waals surface area contributed by atoms with Crippen LogP contribution in [0.25, 0.3) is 0 Å². The average molecular weight is 425 g/mol. The molecule has 2 N–H and O–H groups in total. The second kappa shape index (κ2) is 9.58. The molecule has 0 saturated heterocycles. The Bertz CT molecular complexity index is 346. The molecule has 0 saturated carbocycles. The number of ketones is 1. The molecule has 0 aliphatic carbocycles. The van der Waals surface area contributed by atoms with Gasteiger partial charge >= 0.3 is 0 Å². The van der Waals surface area contributed by atoms with Crippen LogP contribution in [-0.2, 0) is 9.53 Å². The number of halogens is 1. The maximum Gasteiger partial charge on any atom is 0.155 e. The highest BCUT2D eigenvalue weighted by Crippen LogP contribution is 2.33. The largest absolute Gasteiger partial charge is 0.374 e. The van der Waals surface area contributed by atoms with Crippen LogP contribution in [0, 0.1) is 11.3 Å². The van der Waals surface area contributed by atoms with E-state index in [-0.39, 0.29) is 22.8 Å². The molecule has 4 atom stereocenters. The molecule has 132 valence electrons. The van der Waals surface area contributed by atoms with E-state index in [2.05, 4.69) is 64.1 Å². The monoisotopic (exact) mass is 425 g/mol. The second-order valence-corrected chi connectivity index (χ2v) is 9.04. The van der Waals surface area contributed by atoms with Gasteiger partial charge in [-0.1, -0.05) is 64.1 Å². The summed E-state index contributed by atoms with van der Waals surface area (Å²) in [5, 5.41) is 0. The Morgan fingerprint density at radius 1 is 1.18 bits per heavy atom. The number of nitrogens with two attached hydrogens (primary N) is 1. The van der Waals surface area contributed by atoms with Crippen molar-refractivity contribution in [2.75, 3.05) is 6.61 Å². The lowest BCUT2D eigenvalue weighted by molar-refractivity contribution is -0.132. The van der Waals surface area contributed by atoms with Crippen molar-refractivity contribution in [3.8, 4) is 0 Å². The number of carbonyl (C=O) groups is 1. The molecule has 4 heteroatoms. The fraction of sp³-hybridized carbons (Fsp3) is 0.944. The first-order valence-corrected chi connectivity index (χ1v) is 9.87. The number of carbonyl (C=O) groups excluding carboxylic acids is 1. The van der Waals surface area contributed by atoms with Gasteiger partial charge in [0.05, 0.1) is 11.6 Å². The minimum absolute atomic E-state index is 0.0927. The molecule has 0 spiro atoms. The molecule has 0 heterocycles. The maximum atomic E-state index is 12.6. The molecule has 0 aromatic carbocycles. The quantitative estimate of drug-likeness (QED) is 0.296. The van der Waals surface area contributed by atoms with Crippen LogP contribution >= 0.6 is 22.6 Å². The molecule has 0 aliphatic heterocycles. The van der Waals surface area contributed by atoms with Crippen LogP contribution in [0.15, 0.2) is 0 Å². The Balaban J connectivity index is 4.41. The van der Waals surface area contributed by atoms with Gasteiger partial charge in [0.2, 0.25) is 0 Å². The van der Waals surface area contributed by atoms with E-state index < -0.39 is 0 Å². The van der Waals surface area contributed by atoms with Crippen molar-refractivity contribution in [3.63, 3.8) is 0 Å². The van der Waals surface area contributed by atoms with Crippen LogP contribution in [0.1, 0.15) is 74.1 Å². The number of rotatable bonds is 11. The third kappa shape index (κ3) is 5.75. The van der Waals surface area contributed by atoms with Gasteiger partial charge in [-0.25, -0.2) is 0 Å². The van der Waals surface area contributed by atoms with Crippen LogP contribution in [0.2, 0.25) is 0 Å². The van der Waals surface area contributed by atoms with Gasteiger partial charge in [0.15, 0.2) is 5.78 Å². The fourth-order valence-electron chi connectivity index (χ4n) is 2.53. The smallest absolute Gasteiger partial charge is 0.155 e. The molecule has 0 radical (unpaired) electrons. The topological polar surface area (TPSA) is 52.3 Å². The lowest BCUT2D eigenvalue weighted by Gasteiger charge is -2.34. The van der Waals surface area contributed by atoms with Crippen LogP contribution in [-0.4, -0.2) is 28.0 Å². The number of hydrogen-bond acceptors (Lipinski definition) is 3. The molecule has 4 unspecified atom stereocenters. The fourth-order valence-corrected chi connectivity index (χ4v) is 3.15. The van der Waals surface area contributed by atoms with E-state index in [1.165, 1.54) is 0 Å². The highest BCUT2D eigenvalue weighted by molar-refractivity contribution is 14.1. The van der Waals surface area contributed by atoms with Crippen LogP contribution < -0.4 is 5.73 Å². The molecule has 0 bridgehead atoms. The van der Waals surface area contributed by atoms with Gasteiger partial charge in [0.1, 0.15) is 0 Å². The zero-order chi connectivity index (χ0) is 17.6. The minimum Gasteiger partial charge on any atom is -0.374 e. The van der Waals surface area contributed by atoms with Gasteiger partial charge in [-0.3, -0.25) is 4.79 Å². The standard InChI is InChI=1S/C18H36INO2/c1-8-17(6,13(3)4)16(21)15(20)11-10-12-22-18(7,9-2)14(5)19/h13-15H,8-12,20H2,1-7H3. The highest BCUT2D eigenvalue weighted by atomic mass is 127. The summed E-state index contributed by atoms with van der Waals surface area (Å²) >= 11 is 2.42. The molecule has 0 aromatic rings. The van der Waals surface area contributed by atoms with Crippen molar-refractivity contribution in [1.29, 1.82) is 0 Å². The lowest BCUT2D eigenvalue weighted by atomic mass is 9.71. The van der Waals surface area contributed by atoms with Gasteiger partial charge in [-0.15, -0.1) is 0 Å². The summed E-state index contributed by atoms with van der Waals surface area (Å²) < 4.78 is 6.51. The first-order chi connectivity index (χ1) is 10.0. The van der Waals surface area contributed by atoms with E-state index in [9.17, 15) is 4.79 Å². The summed E-state index contributed by atoms with van der Waals surface area (Å²) in [6, 6.07) is -0.374. The van der Waals surface area contributed by atoms with E-state index in [1.54, 1.807) is 0 Å². The molecule has 0 aliphatic rings. The first kappa shape index (κ1) is 22.3. The Morgan fingerprint density at radius 2 is 1.73 bits per heavy atom. The number of alkyl halides is 1. The Morgan fingerprint density at radius 3 is 2.09 bits per heavy atom. The van der Waals surface area contributed by atoms with E-state index in [1.807, 2.05) is 6.92 Å². The van der Waals surface area contributed by atoms with Crippen LogP contribution in [0.4, 0.5) is 0 Å². The highest BCUT2D eigenvalue weighted by Gasteiger charge is 2.37. The molecular weight excluding hydrogens is 389 g/mol. The first-order valence-electron chi connectivity index (χ1n) is 8.63. The predicted octanol–water partition coefficient (Wildman–Crippen LogP) is 4.74. The third-order valence-electron chi connectivity index (χ3n) is 5.54. The molecule has 0 rings (SSSR count). The summed E-state index contributed by atoms with van der Waals surface area (Å²) in [7, 11) is 0. The van der Waals surface area contributed by atoms with Crippen molar-refractivity contribution in [2.45, 2.75) is 89.7 Å². The summed E-state index contributed by atoms with van der Waals surface area (Å²) in [6.45, 7) is 15.5. The minimum atomic E-state index is -0.374. The van der Waals surface area contributed by atoms with E-state index in [4.69, 9.17) is 10.5 Å². The zero-order valence-corrected chi connectivity index (χ0v) is 17.7. The molecular formula is C18H36INO2. The molecule has 3 nitrogen and oxygen atoms in total. The van der Waals surface area contributed by atoms with Crippen molar-refractivity contribution in [1.82, 2.24) is 0 Å². The summed E-state index contributed by atoms with van der Waals surface area (Å²) in [4.78, 5) is 12.6. The molecule has 0 amide bonds. The van der Waals surface area contributed by atoms with Crippen molar-refractivity contribution < 1.29 is 9.53 Å². The van der Waals surface area contributed by atoms with Crippen molar-refractivity contribution in [2.24, 2.45) is 17.1 Å². The third-order valence-corrected chi connectivity index (χ3v) is 6.86. The van der Waals surface area contributed by atoms with E-state index in [0.29, 0.717) is 22.9 Å². The lowest BCUT2D eigenvalue weighted by Crippen LogP contribution is -2.44. The molecule has 22 heavy (non-hydrogen) atoms. The van der Waals surface area contributed by atoms with Gasteiger partial charge in [0.25, 0.3) is 0 Å². The van der Waals surface area contributed by atoms with Gasteiger partial charge in [0, 0.05) is 15.9 Å².